The molecule has 0 heterocycles. The minimum absolute atomic E-state index is 0.454. The van der Waals surface area contributed by atoms with E-state index < -0.39 is 0 Å². The van der Waals surface area contributed by atoms with Crippen molar-refractivity contribution in [2.75, 3.05) is 14.2 Å². The normalized spacial score (nSPS) is 12.0. The molecule has 2 aromatic carbocycles. The monoisotopic (exact) mass is 348 g/mol. The van der Waals surface area contributed by atoms with Crippen LogP contribution in [0.3, 0.4) is 0 Å². The van der Waals surface area contributed by atoms with Gasteiger partial charge in [-0.2, -0.15) is 0 Å². The lowest BCUT2D eigenvalue weighted by molar-refractivity contribution is 0.354. The molecule has 0 saturated heterocycles. The van der Waals surface area contributed by atoms with E-state index in [4.69, 9.17) is 9.47 Å². The molecule has 3 heteroatoms. The van der Waals surface area contributed by atoms with E-state index >= 15 is 0 Å². The van der Waals surface area contributed by atoms with Gasteiger partial charge in [0.1, 0.15) is 0 Å². The van der Waals surface area contributed by atoms with Crippen molar-refractivity contribution in [1.82, 2.24) is 0 Å². The Hall–Kier alpha value is -1.48. The molecule has 2 rings (SSSR count). The predicted molar refractivity (Wildman–Crippen MR) is 90.7 cm³/mol. The van der Waals surface area contributed by atoms with Gasteiger partial charge in [0.15, 0.2) is 11.5 Å². The Morgan fingerprint density at radius 1 is 0.905 bits per heavy atom. The minimum atomic E-state index is 0.454. The molecule has 0 amide bonds. The van der Waals surface area contributed by atoms with Gasteiger partial charge in [-0.3, -0.25) is 0 Å². The van der Waals surface area contributed by atoms with Crippen LogP contribution in [-0.2, 0) is 12.8 Å². The molecule has 0 fully saturated rings. The molecule has 0 N–H and O–H groups in total. The summed E-state index contributed by atoms with van der Waals surface area (Å²) in [6.07, 6.45) is 3.18. The van der Waals surface area contributed by atoms with Gasteiger partial charge in [-0.25, -0.2) is 0 Å². The third kappa shape index (κ3) is 4.78. The van der Waals surface area contributed by atoms with Crippen LogP contribution in [-0.4, -0.2) is 19.0 Å². The van der Waals surface area contributed by atoms with Crippen molar-refractivity contribution in [3.63, 3.8) is 0 Å². The zero-order valence-corrected chi connectivity index (χ0v) is 14.1. The summed E-state index contributed by atoms with van der Waals surface area (Å²) in [7, 11) is 3.33. The molecular weight excluding hydrogens is 328 g/mol. The fourth-order valence-electron chi connectivity index (χ4n) is 2.33. The lowest BCUT2D eigenvalue weighted by Crippen LogP contribution is -2.05. The maximum Gasteiger partial charge on any atom is 0.160 e. The highest BCUT2D eigenvalue weighted by molar-refractivity contribution is 9.09. The van der Waals surface area contributed by atoms with Crippen molar-refractivity contribution in [3.8, 4) is 11.5 Å². The van der Waals surface area contributed by atoms with Gasteiger partial charge in [0, 0.05) is 4.83 Å². The van der Waals surface area contributed by atoms with Gasteiger partial charge in [0.2, 0.25) is 0 Å². The summed E-state index contributed by atoms with van der Waals surface area (Å²) in [5, 5.41) is 0. The summed E-state index contributed by atoms with van der Waals surface area (Å²) in [5.74, 6) is 1.56. The molecule has 0 aliphatic carbocycles. The highest BCUT2D eigenvalue weighted by Crippen LogP contribution is 2.29. The Bertz CT molecular complexity index is 554. The van der Waals surface area contributed by atoms with Crippen LogP contribution in [0.1, 0.15) is 17.5 Å². The van der Waals surface area contributed by atoms with Gasteiger partial charge in [0.25, 0.3) is 0 Å². The summed E-state index contributed by atoms with van der Waals surface area (Å²) >= 11 is 3.78. The fraction of sp³-hybridized carbons (Fsp3) is 0.333. The second-order valence-corrected chi connectivity index (χ2v) is 6.31. The van der Waals surface area contributed by atoms with E-state index in [-0.39, 0.29) is 0 Å². The number of hydrogen-bond acceptors (Lipinski definition) is 2. The van der Waals surface area contributed by atoms with Crippen molar-refractivity contribution in [2.24, 2.45) is 0 Å². The summed E-state index contributed by atoms with van der Waals surface area (Å²) in [6, 6.07) is 16.7. The number of aryl methyl sites for hydroxylation is 1. The van der Waals surface area contributed by atoms with E-state index in [9.17, 15) is 0 Å². The number of alkyl halides is 1. The third-order valence-electron chi connectivity index (χ3n) is 3.49. The predicted octanol–water partition coefficient (Wildman–Crippen LogP) is 4.64. The van der Waals surface area contributed by atoms with Crippen molar-refractivity contribution in [2.45, 2.75) is 24.1 Å². The molecule has 1 atom stereocenters. The number of ether oxygens (including phenoxy) is 2. The Balaban J connectivity index is 1.91. The van der Waals surface area contributed by atoms with Gasteiger partial charge >= 0.3 is 0 Å². The van der Waals surface area contributed by atoms with Gasteiger partial charge < -0.3 is 9.47 Å². The topological polar surface area (TPSA) is 18.5 Å². The molecule has 0 saturated carbocycles. The first-order valence-electron chi connectivity index (χ1n) is 7.12. The summed E-state index contributed by atoms with van der Waals surface area (Å²) in [6.45, 7) is 0. The average molecular weight is 349 g/mol. The van der Waals surface area contributed by atoms with Gasteiger partial charge in [-0.05, 0) is 42.5 Å². The highest BCUT2D eigenvalue weighted by atomic mass is 79.9. The van der Waals surface area contributed by atoms with E-state index in [2.05, 4.69) is 58.4 Å². The first-order valence-corrected chi connectivity index (χ1v) is 8.03. The van der Waals surface area contributed by atoms with Crippen LogP contribution >= 0.6 is 15.9 Å². The van der Waals surface area contributed by atoms with Gasteiger partial charge in [-0.1, -0.05) is 52.3 Å². The van der Waals surface area contributed by atoms with Crippen LogP contribution in [0.25, 0.3) is 0 Å². The molecule has 0 aromatic heterocycles. The van der Waals surface area contributed by atoms with Crippen LogP contribution in [0.5, 0.6) is 11.5 Å². The average Bonchev–Trinajstić information content (AvgIpc) is 2.53. The first-order chi connectivity index (χ1) is 10.2. The Kier molecular flexibility index (Phi) is 6.12. The Morgan fingerprint density at radius 3 is 2.29 bits per heavy atom. The van der Waals surface area contributed by atoms with E-state index in [1.165, 1.54) is 11.1 Å². The van der Waals surface area contributed by atoms with Crippen LogP contribution in [0, 0.1) is 0 Å². The van der Waals surface area contributed by atoms with Crippen molar-refractivity contribution in [3.05, 3.63) is 59.7 Å². The second-order valence-electron chi connectivity index (χ2n) is 5.02. The molecule has 0 aliphatic heterocycles. The SMILES string of the molecule is COc1ccc(CC(Br)CCc2ccccc2)cc1OC. The van der Waals surface area contributed by atoms with Crippen molar-refractivity contribution in [1.29, 1.82) is 0 Å². The number of benzene rings is 2. The molecule has 1 unspecified atom stereocenters. The Morgan fingerprint density at radius 2 is 1.62 bits per heavy atom. The lowest BCUT2D eigenvalue weighted by atomic mass is 10.0. The number of halogens is 1. The van der Waals surface area contributed by atoms with E-state index in [1.54, 1.807) is 14.2 Å². The summed E-state index contributed by atoms with van der Waals surface area (Å²) < 4.78 is 10.6. The lowest BCUT2D eigenvalue weighted by Gasteiger charge is -2.13. The van der Waals surface area contributed by atoms with Crippen LogP contribution in [0.4, 0.5) is 0 Å². The molecular formula is C18H21BrO2. The maximum absolute atomic E-state index is 5.35. The van der Waals surface area contributed by atoms with Crippen LogP contribution in [0.2, 0.25) is 0 Å². The zero-order chi connectivity index (χ0) is 15.1. The zero-order valence-electron chi connectivity index (χ0n) is 12.5. The molecule has 0 spiro atoms. The molecule has 0 bridgehead atoms. The van der Waals surface area contributed by atoms with Crippen molar-refractivity contribution >= 4 is 15.9 Å². The minimum Gasteiger partial charge on any atom is -0.493 e. The molecule has 2 aromatic rings. The molecule has 21 heavy (non-hydrogen) atoms. The maximum atomic E-state index is 5.35. The Labute approximate surface area is 135 Å². The molecule has 0 aliphatic rings. The summed E-state index contributed by atoms with van der Waals surface area (Å²) in [4.78, 5) is 0.454. The smallest absolute Gasteiger partial charge is 0.160 e. The van der Waals surface area contributed by atoms with E-state index in [1.807, 2.05) is 6.07 Å². The fourth-order valence-corrected chi connectivity index (χ4v) is 2.94. The number of hydrogen-bond donors (Lipinski definition) is 0. The molecule has 112 valence electrons. The standard InChI is InChI=1S/C18H21BrO2/c1-20-17-11-9-15(13-18(17)21-2)12-16(19)10-8-14-6-4-3-5-7-14/h3-7,9,11,13,16H,8,10,12H2,1-2H3. The quantitative estimate of drug-likeness (QED) is 0.678. The van der Waals surface area contributed by atoms with Gasteiger partial charge in [-0.15, -0.1) is 0 Å². The molecule has 2 nitrogen and oxygen atoms in total. The summed E-state index contributed by atoms with van der Waals surface area (Å²) in [5.41, 5.74) is 2.64. The van der Waals surface area contributed by atoms with E-state index in [0.717, 1.165) is 30.8 Å². The highest BCUT2D eigenvalue weighted by Gasteiger charge is 2.09. The largest absolute Gasteiger partial charge is 0.493 e. The van der Waals surface area contributed by atoms with Crippen LogP contribution in [0.15, 0.2) is 48.5 Å². The number of methoxy groups -OCH3 is 2. The number of rotatable bonds is 7. The van der Waals surface area contributed by atoms with E-state index in [0.29, 0.717) is 4.83 Å². The molecule has 0 radical (unpaired) electrons. The van der Waals surface area contributed by atoms with Crippen LogP contribution < -0.4 is 9.47 Å². The first kappa shape index (κ1) is 15.9. The van der Waals surface area contributed by atoms with Crippen molar-refractivity contribution < 1.29 is 9.47 Å². The third-order valence-corrected chi connectivity index (χ3v) is 4.28. The van der Waals surface area contributed by atoms with Gasteiger partial charge in [0.05, 0.1) is 14.2 Å². The second kappa shape index (κ2) is 8.08.